The van der Waals surface area contributed by atoms with E-state index in [0.29, 0.717) is 6.67 Å². The van der Waals surface area contributed by atoms with Gasteiger partial charge in [-0.3, -0.25) is 0 Å². The van der Waals surface area contributed by atoms with E-state index in [1.807, 2.05) is 12.1 Å². The summed E-state index contributed by atoms with van der Waals surface area (Å²) in [7, 11) is 0. The molecule has 0 saturated heterocycles. The van der Waals surface area contributed by atoms with E-state index in [1.54, 1.807) is 17.2 Å². The average molecular weight is 254 g/mol. The Morgan fingerprint density at radius 1 is 1.43 bits per heavy atom. The van der Waals surface area contributed by atoms with Crippen LogP contribution in [0.3, 0.4) is 0 Å². The SMILES string of the molecule is Brc1ccc(NCn2cncn2)nc1. The van der Waals surface area contributed by atoms with Gasteiger partial charge < -0.3 is 5.32 Å². The number of pyridine rings is 1. The third-order valence-electron chi connectivity index (χ3n) is 1.62. The van der Waals surface area contributed by atoms with Gasteiger partial charge in [0, 0.05) is 10.7 Å². The van der Waals surface area contributed by atoms with Crippen LogP contribution in [0.15, 0.2) is 35.5 Å². The van der Waals surface area contributed by atoms with Gasteiger partial charge in [0.1, 0.15) is 25.1 Å². The molecule has 0 amide bonds. The third-order valence-corrected chi connectivity index (χ3v) is 2.09. The maximum absolute atomic E-state index is 4.16. The lowest BCUT2D eigenvalue weighted by Crippen LogP contribution is -2.08. The van der Waals surface area contributed by atoms with Crippen molar-refractivity contribution in [2.45, 2.75) is 6.67 Å². The molecule has 2 aromatic heterocycles. The first-order valence-corrected chi connectivity index (χ1v) is 4.82. The maximum Gasteiger partial charge on any atom is 0.137 e. The van der Waals surface area contributed by atoms with Crippen LogP contribution in [0.2, 0.25) is 0 Å². The molecule has 0 aromatic carbocycles. The Hall–Kier alpha value is -1.43. The van der Waals surface area contributed by atoms with E-state index in [1.165, 1.54) is 6.33 Å². The number of rotatable bonds is 3. The van der Waals surface area contributed by atoms with E-state index in [-0.39, 0.29) is 0 Å². The van der Waals surface area contributed by atoms with Crippen LogP contribution in [0.25, 0.3) is 0 Å². The monoisotopic (exact) mass is 253 g/mol. The molecule has 0 bridgehead atoms. The number of nitrogens with zero attached hydrogens (tertiary/aromatic N) is 4. The van der Waals surface area contributed by atoms with Crippen LogP contribution in [-0.2, 0) is 6.67 Å². The van der Waals surface area contributed by atoms with Gasteiger partial charge >= 0.3 is 0 Å². The molecule has 1 N–H and O–H groups in total. The van der Waals surface area contributed by atoms with Crippen molar-refractivity contribution in [1.29, 1.82) is 0 Å². The Balaban J connectivity index is 1.95. The number of hydrogen-bond donors (Lipinski definition) is 1. The zero-order valence-electron chi connectivity index (χ0n) is 7.26. The number of hydrogen-bond acceptors (Lipinski definition) is 4. The fourth-order valence-corrected chi connectivity index (χ4v) is 1.19. The lowest BCUT2D eigenvalue weighted by Gasteiger charge is -2.04. The van der Waals surface area contributed by atoms with Gasteiger partial charge in [0.2, 0.25) is 0 Å². The van der Waals surface area contributed by atoms with Crippen molar-refractivity contribution in [3.05, 3.63) is 35.5 Å². The standard InChI is InChI=1S/C8H8BrN5/c9-7-1-2-8(11-3-7)12-6-14-5-10-4-13-14/h1-5H,6H2,(H,11,12). The molecule has 0 aliphatic rings. The molecule has 0 aliphatic carbocycles. The first-order valence-electron chi connectivity index (χ1n) is 4.02. The van der Waals surface area contributed by atoms with Crippen molar-refractivity contribution < 1.29 is 0 Å². The second-order valence-electron chi connectivity index (χ2n) is 2.63. The summed E-state index contributed by atoms with van der Waals surface area (Å²) < 4.78 is 2.65. The predicted molar refractivity (Wildman–Crippen MR) is 55.6 cm³/mol. The highest BCUT2D eigenvalue weighted by molar-refractivity contribution is 9.10. The van der Waals surface area contributed by atoms with Gasteiger partial charge in [-0.2, -0.15) is 5.10 Å². The zero-order valence-corrected chi connectivity index (χ0v) is 8.85. The summed E-state index contributed by atoms with van der Waals surface area (Å²) in [5, 5.41) is 7.06. The second-order valence-corrected chi connectivity index (χ2v) is 3.55. The minimum atomic E-state index is 0.564. The summed E-state index contributed by atoms with van der Waals surface area (Å²) in [6.45, 7) is 0.564. The largest absolute Gasteiger partial charge is 0.351 e. The normalized spacial score (nSPS) is 10.1. The molecule has 0 spiro atoms. The molecule has 5 nitrogen and oxygen atoms in total. The lowest BCUT2D eigenvalue weighted by atomic mass is 10.5. The molecule has 0 atom stereocenters. The molecule has 2 aromatic rings. The minimum absolute atomic E-state index is 0.564. The van der Waals surface area contributed by atoms with Crippen LogP contribution in [0.1, 0.15) is 0 Å². The lowest BCUT2D eigenvalue weighted by molar-refractivity contribution is 0.666. The first-order chi connectivity index (χ1) is 6.84. The second kappa shape index (κ2) is 4.19. The minimum Gasteiger partial charge on any atom is -0.351 e. The van der Waals surface area contributed by atoms with Crippen molar-refractivity contribution in [1.82, 2.24) is 19.7 Å². The summed E-state index contributed by atoms with van der Waals surface area (Å²) >= 11 is 3.32. The van der Waals surface area contributed by atoms with Crippen LogP contribution < -0.4 is 5.32 Å². The summed E-state index contributed by atoms with van der Waals surface area (Å²) in [5.74, 6) is 0.809. The molecule has 72 valence electrons. The fourth-order valence-electron chi connectivity index (χ4n) is 0.957. The quantitative estimate of drug-likeness (QED) is 0.901. The maximum atomic E-state index is 4.16. The van der Waals surface area contributed by atoms with E-state index < -0.39 is 0 Å². The Kier molecular flexibility index (Phi) is 2.73. The van der Waals surface area contributed by atoms with E-state index in [2.05, 4.69) is 36.3 Å². The smallest absolute Gasteiger partial charge is 0.137 e. The van der Waals surface area contributed by atoms with Crippen molar-refractivity contribution in [3.63, 3.8) is 0 Å². The van der Waals surface area contributed by atoms with Gasteiger partial charge in [0.25, 0.3) is 0 Å². The Morgan fingerprint density at radius 2 is 2.36 bits per heavy atom. The molecule has 6 heteroatoms. The number of nitrogens with one attached hydrogen (secondary N) is 1. The first kappa shape index (κ1) is 9.14. The predicted octanol–water partition coefficient (Wildman–Crippen LogP) is 1.51. The molecule has 0 aliphatic heterocycles. The van der Waals surface area contributed by atoms with E-state index >= 15 is 0 Å². The Bertz CT molecular complexity index is 383. The molecule has 0 radical (unpaired) electrons. The third kappa shape index (κ3) is 2.29. The van der Waals surface area contributed by atoms with Crippen molar-refractivity contribution in [3.8, 4) is 0 Å². The molecule has 14 heavy (non-hydrogen) atoms. The van der Waals surface area contributed by atoms with Gasteiger partial charge in [-0.05, 0) is 28.1 Å². The van der Waals surface area contributed by atoms with E-state index in [0.717, 1.165) is 10.3 Å². The number of halogens is 1. The van der Waals surface area contributed by atoms with Crippen LogP contribution in [-0.4, -0.2) is 19.7 Å². The van der Waals surface area contributed by atoms with Crippen LogP contribution in [0.4, 0.5) is 5.82 Å². The van der Waals surface area contributed by atoms with Crippen LogP contribution in [0.5, 0.6) is 0 Å². The summed E-state index contributed by atoms with van der Waals surface area (Å²) in [5.41, 5.74) is 0. The number of aromatic nitrogens is 4. The number of anilines is 1. The highest BCUT2D eigenvalue weighted by Gasteiger charge is 1.93. The Morgan fingerprint density at radius 3 is 3.00 bits per heavy atom. The highest BCUT2D eigenvalue weighted by Crippen LogP contribution is 2.10. The van der Waals surface area contributed by atoms with Gasteiger partial charge in [-0.15, -0.1) is 0 Å². The highest BCUT2D eigenvalue weighted by atomic mass is 79.9. The average Bonchev–Trinajstić information content (AvgIpc) is 2.70. The topological polar surface area (TPSA) is 55.6 Å². The fraction of sp³-hybridized carbons (Fsp3) is 0.125. The molecular formula is C8H8BrN5. The van der Waals surface area contributed by atoms with Gasteiger partial charge in [-0.25, -0.2) is 14.6 Å². The van der Waals surface area contributed by atoms with Crippen LogP contribution in [0, 0.1) is 0 Å². The molecule has 2 rings (SSSR count). The van der Waals surface area contributed by atoms with E-state index in [4.69, 9.17) is 0 Å². The molecular weight excluding hydrogens is 246 g/mol. The van der Waals surface area contributed by atoms with Gasteiger partial charge in [0.05, 0.1) is 0 Å². The zero-order chi connectivity index (χ0) is 9.80. The molecule has 0 saturated carbocycles. The van der Waals surface area contributed by atoms with Gasteiger partial charge in [-0.1, -0.05) is 0 Å². The molecule has 0 unspecified atom stereocenters. The van der Waals surface area contributed by atoms with Crippen molar-refractivity contribution in [2.75, 3.05) is 5.32 Å². The van der Waals surface area contributed by atoms with Gasteiger partial charge in [0.15, 0.2) is 0 Å². The van der Waals surface area contributed by atoms with Crippen molar-refractivity contribution in [2.24, 2.45) is 0 Å². The summed E-state index contributed by atoms with van der Waals surface area (Å²) in [6, 6.07) is 3.82. The molecule has 2 heterocycles. The summed E-state index contributed by atoms with van der Waals surface area (Å²) in [6.07, 6.45) is 4.88. The summed E-state index contributed by atoms with van der Waals surface area (Å²) in [4.78, 5) is 7.99. The van der Waals surface area contributed by atoms with Crippen LogP contribution >= 0.6 is 15.9 Å². The molecule has 0 fully saturated rings. The Labute approximate surface area is 89.3 Å². The van der Waals surface area contributed by atoms with Crippen molar-refractivity contribution >= 4 is 21.7 Å². The van der Waals surface area contributed by atoms with E-state index in [9.17, 15) is 0 Å².